The molecule has 4 heterocycles. The van der Waals surface area contributed by atoms with Crippen LogP contribution in [0.4, 0.5) is 11.5 Å². The predicted octanol–water partition coefficient (Wildman–Crippen LogP) is 2.45. The first-order valence-corrected chi connectivity index (χ1v) is 12.1. The van der Waals surface area contributed by atoms with E-state index in [1.54, 1.807) is 10.9 Å². The molecule has 0 radical (unpaired) electrons. The number of aromatic nitrogens is 4. The molecule has 0 bridgehead atoms. The van der Waals surface area contributed by atoms with Crippen molar-refractivity contribution in [2.75, 3.05) is 22.9 Å². The third-order valence-electron chi connectivity index (χ3n) is 7.44. The zero-order valence-corrected chi connectivity index (χ0v) is 19.6. The molecule has 34 heavy (non-hydrogen) atoms. The Kier molecular flexibility index (Phi) is 5.00. The molecule has 2 aliphatic heterocycles. The second-order valence-corrected chi connectivity index (χ2v) is 9.81. The highest BCUT2D eigenvalue weighted by Gasteiger charge is 2.38. The third-order valence-corrected chi connectivity index (χ3v) is 7.44. The molecule has 176 valence electrons. The average Bonchev–Trinajstić information content (AvgIpc) is 3.52. The number of nitrogens with one attached hydrogen (secondary N) is 1. The Morgan fingerprint density at radius 2 is 2.00 bits per heavy atom. The molecule has 2 fully saturated rings. The van der Waals surface area contributed by atoms with Crippen LogP contribution in [0, 0.1) is 5.92 Å². The van der Waals surface area contributed by atoms with Gasteiger partial charge in [-0.05, 0) is 50.2 Å². The van der Waals surface area contributed by atoms with Crippen LogP contribution in [0.25, 0.3) is 11.2 Å². The summed E-state index contributed by atoms with van der Waals surface area (Å²) in [5.74, 6) is 1.73. The highest BCUT2D eigenvalue weighted by Crippen LogP contribution is 2.36. The van der Waals surface area contributed by atoms with Gasteiger partial charge in [-0.3, -0.25) is 9.59 Å². The van der Waals surface area contributed by atoms with Crippen molar-refractivity contribution in [2.24, 2.45) is 13.0 Å². The van der Waals surface area contributed by atoms with Crippen molar-refractivity contribution in [3.05, 3.63) is 42.0 Å². The minimum atomic E-state index is -0.170. The Labute approximate surface area is 198 Å². The monoisotopic (exact) mass is 459 g/mol. The summed E-state index contributed by atoms with van der Waals surface area (Å²) in [5.41, 5.74) is 3.46. The second kappa shape index (κ2) is 8.07. The zero-order chi connectivity index (χ0) is 23.4. The van der Waals surface area contributed by atoms with Crippen LogP contribution in [-0.2, 0) is 18.3 Å². The van der Waals surface area contributed by atoms with Gasteiger partial charge in [0, 0.05) is 37.9 Å². The quantitative estimate of drug-likeness (QED) is 0.630. The van der Waals surface area contributed by atoms with E-state index in [2.05, 4.69) is 38.2 Å². The molecule has 9 heteroatoms. The number of para-hydroxylation sites is 1. The SMILES string of the molecule is CC1CC(N2C(=O)Cc3ccccc32)CCN1c1ncnc2c1nc(C(=O)NCC1CC1)n2C. The van der Waals surface area contributed by atoms with E-state index in [9.17, 15) is 9.59 Å². The van der Waals surface area contributed by atoms with Crippen LogP contribution in [0.15, 0.2) is 30.6 Å². The molecule has 2 amide bonds. The van der Waals surface area contributed by atoms with Crippen LogP contribution in [0.3, 0.4) is 0 Å². The number of anilines is 2. The number of nitrogens with zero attached hydrogens (tertiary/aromatic N) is 6. The molecule has 9 nitrogen and oxygen atoms in total. The highest BCUT2D eigenvalue weighted by atomic mass is 16.2. The van der Waals surface area contributed by atoms with Crippen LogP contribution in [-0.4, -0.2) is 56.5 Å². The number of hydrogen-bond acceptors (Lipinski definition) is 6. The molecule has 6 rings (SSSR count). The fourth-order valence-electron chi connectivity index (χ4n) is 5.41. The van der Waals surface area contributed by atoms with E-state index in [0.717, 1.165) is 36.5 Å². The molecule has 1 saturated heterocycles. The molecule has 3 aliphatic rings. The van der Waals surface area contributed by atoms with Crippen LogP contribution >= 0.6 is 0 Å². The lowest BCUT2D eigenvalue weighted by Crippen LogP contribution is -2.50. The molecule has 1 aliphatic carbocycles. The molecule has 2 unspecified atom stereocenters. The number of hydrogen-bond donors (Lipinski definition) is 1. The Morgan fingerprint density at radius 3 is 2.79 bits per heavy atom. The number of carbonyl (C=O) groups is 2. The molecule has 1 N–H and O–H groups in total. The molecule has 1 aromatic carbocycles. The summed E-state index contributed by atoms with van der Waals surface area (Å²) < 4.78 is 1.75. The minimum absolute atomic E-state index is 0.159. The first kappa shape index (κ1) is 21.1. The number of fused-ring (bicyclic) bond motifs is 2. The summed E-state index contributed by atoms with van der Waals surface area (Å²) in [5, 5.41) is 3.00. The molecule has 3 aromatic rings. The van der Waals surface area contributed by atoms with Gasteiger partial charge in [-0.15, -0.1) is 0 Å². The maximum absolute atomic E-state index is 12.8. The van der Waals surface area contributed by atoms with E-state index >= 15 is 0 Å². The van der Waals surface area contributed by atoms with Gasteiger partial charge in [-0.2, -0.15) is 0 Å². The number of carbonyl (C=O) groups excluding carboxylic acids is 2. The molecule has 0 spiro atoms. The van der Waals surface area contributed by atoms with Gasteiger partial charge in [0.25, 0.3) is 5.91 Å². The van der Waals surface area contributed by atoms with Crippen molar-refractivity contribution in [3.8, 4) is 0 Å². The number of imidazole rings is 1. The van der Waals surface area contributed by atoms with Gasteiger partial charge >= 0.3 is 0 Å². The highest BCUT2D eigenvalue weighted by molar-refractivity contribution is 6.02. The lowest BCUT2D eigenvalue weighted by atomic mass is 9.96. The molecule has 2 aromatic heterocycles. The van der Waals surface area contributed by atoms with Crippen LogP contribution in [0.1, 0.15) is 48.8 Å². The van der Waals surface area contributed by atoms with Crippen LogP contribution < -0.4 is 15.1 Å². The van der Waals surface area contributed by atoms with Crippen LogP contribution in [0.5, 0.6) is 0 Å². The maximum atomic E-state index is 12.8. The number of piperidine rings is 1. The first-order chi connectivity index (χ1) is 16.5. The average molecular weight is 460 g/mol. The summed E-state index contributed by atoms with van der Waals surface area (Å²) in [6.45, 7) is 3.62. The van der Waals surface area contributed by atoms with Gasteiger partial charge in [-0.25, -0.2) is 15.0 Å². The van der Waals surface area contributed by atoms with Crippen molar-refractivity contribution in [1.29, 1.82) is 0 Å². The van der Waals surface area contributed by atoms with Gasteiger partial charge in [0.2, 0.25) is 11.7 Å². The summed E-state index contributed by atoms with van der Waals surface area (Å²) in [4.78, 5) is 43.5. The van der Waals surface area contributed by atoms with Gasteiger partial charge in [0.05, 0.1) is 6.42 Å². The summed E-state index contributed by atoms with van der Waals surface area (Å²) in [6, 6.07) is 8.41. The van der Waals surface area contributed by atoms with Gasteiger partial charge in [0.1, 0.15) is 6.33 Å². The third kappa shape index (κ3) is 3.50. The van der Waals surface area contributed by atoms with E-state index in [-0.39, 0.29) is 23.9 Å². The minimum Gasteiger partial charge on any atom is -0.352 e. The van der Waals surface area contributed by atoms with E-state index in [1.165, 1.54) is 12.8 Å². The van der Waals surface area contributed by atoms with Gasteiger partial charge in [0.15, 0.2) is 17.0 Å². The fraction of sp³-hybridized carbons (Fsp3) is 0.480. The number of benzene rings is 1. The molecular formula is C25H29N7O2. The Hall–Kier alpha value is -3.49. The second-order valence-electron chi connectivity index (χ2n) is 9.81. The van der Waals surface area contributed by atoms with Crippen LogP contribution in [0.2, 0.25) is 0 Å². The van der Waals surface area contributed by atoms with Crippen molar-refractivity contribution >= 4 is 34.5 Å². The Bertz CT molecular complexity index is 1280. The van der Waals surface area contributed by atoms with E-state index in [4.69, 9.17) is 0 Å². The summed E-state index contributed by atoms with van der Waals surface area (Å²) >= 11 is 0. The topological polar surface area (TPSA) is 96.2 Å². The fourth-order valence-corrected chi connectivity index (χ4v) is 5.41. The maximum Gasteiger partial charge on any atom is 0.287 e. The number of amides is 2. The zero-order valence-electron chi connectivity index (χ0n) is 19.6. The molecule has 2 atom stereocenters. The van der Waals surface area contributed by atoms with E-state index in [1.807, 2.05) is 30.1 Å². The van der Waals surface area contributed by atoms with Crippen molar-refractivity contribution in [3.63, 3.8) is 0 Å². The van der Waals surface area contributed by atoms with Crippen molar-refractivity contribution in [1.82, 2.24) is 24.8 Å². The first-order valence-electron chi connectivity index (χ1n) is 12.1. The van der Waals surface area contributed by atoms with E-state index in [0.29, 0.717) is 35.9 Å². The smallest absolute Gasteiger partial charge is 0.287 e. The van der Waals surface area contributed by atoms with Crippen molar-refractivity contribution < 1.29 is 9.59 Å². The Morgan fingerprint density at radius 1 is 1.18 bits per heavy atom. The predicted molar refractivity (Wildman–Crippen MR) is 129 cm³/mol. The molecular weight excluding hydrogens is 430 g/mol. The normalized spacial score (nSPS) is 22.4. The number of rotatable bonds is 5. The summed E-state index contributed by atoms with van der Waals surface area (Å²) in [7, 11) is 1.82. The van der Waals surface area contributed by atoms with Gasteiger partial charge in [-0.1, -0.05) is 18.2 Å². The lowest BCUT2D eigenvalue weighted by molar-refractivity contribution is -0.117. The Balaban J connectivity index is 1.25. The standard InChI is InChI=1S/C25H29N7O2/c1-15-11-18(32-19-6-4-3-5-17(19)12-20(32)33)9-10-31(15)23-21-22(27-14-28-23)30(2)24(29-21)25(34)26-13-16-7-8-16/h3-6,14-16,18H,7-13H2,1-2H3,(H,26,34). The van der Waals surface area contributed by atoms with Gasteiger partial charge < -0.3 is 19.7 Å². The molecule has 1 saturated carbocycles. The number of aryl methyl sites for hydroxylation is 1. The largest absolute Gasteiger partial charge is 0.352 e. The van der Waals surface area contributed by atoms with E-state index < -0.39 is 0 Å². The summed E-state index contributed by atoms with van der Waals surface area (Å²) in [6.07, 6.45) is 6.08. The lowest BCUT2D eigenvalue weighted by Gasteiger charge is -2.41. The van der Waals surface area contributed by atoms with Crippen molar-refractivity contribution in [2.45, 2.75) is 51.1 Å².